The highest BCUT2D eigenvalue weighted by Crippen LogP contribution is 2.22. The van der Waals surface area contributed by atoms with Crippen molar-refractivity contribution in [3.05, 3.63) is 53.3 Å². The van der Waals surface area contributed by atoms with Gasteiger partial charge in [0.2, 0.25) is 0 Å². The second kappa shape index (κ2) is 6.59. The van der Waals surface area contributed by atoms with Gasteiger partial charge < -0.3 is 5.32 Å². The molecule has 0 amide bonds. The number of hydrogen-bond acceptors (Lipinski definition) is 3. The van der Waals surface area contributed by atoms with Gasteiger partial charge in [0.25, 0.3) is 0 Å². The van der Waals surface area contributed by atoms with Crippen LogP contribution < -0.4 is 5.32 Å². The molecule has 0 radical (unpaired) electrons. The van der Waals surface area contributed by atoms with Gasteiger partial charge in [-0.25, -0.2) is 4.98 Å². The van der Waals surface area contributed by atoms with Gasteiger partial charge in [0.05, 0.1) is 16.7 Å². The fourth-order valence-electron chi connectivity index (χ4n) is 2.29. The SMILES string of the molecule is Clc1cccc2ccc(NCCCCc3cn[nH]c3)nc12. The average molecular weight is 301 g/mol. The first-order valence-corrected chi connectivity index (χ1v) is 7.47. The molecule has 0 aliphatic heterocycles. The van der Waals surface area contributed by atoms with E-state index in [1.807, 2.05) is 42.7 Å². The van der Waals surface area contributed by atoms with E-state index in [0.717, 1.165) is 42.5 Å². The molecular weight excluding hydrogens is 284 g/mol. The first-order valence-electron chi connectivity index (χ1n) is 7.10. The van der Waals surface area contributed by atoms with Crippen LogP contribution in [-0.4, -0.2) is 21.7 Å². The monoisotopic (exact) mass is 300 g/mol. The molecule has 4 nitrogen and oxygen atoms in total. The Labute approximate surface area is 128 Å². The van der Waals surface area contributed by atoms with E-state index in [1.54, 1.807) is 0 Å². The van der Waals surface area contributed by atoms with E-state index < -0.39 is 0 Å². The highest BCUT2D eigenvalue weighted by atomic mass is 35.5. The summed E-state index contributed by atoms with van der Waals surface area (Å²) in [6.45, 7) is 0.904. The minimum absolute atomic E-state index is 0.691. The van der Waals surface area contributed by atoms with Crippen LogP contribution in [0.4, 0.5) is 5.82 Å². The maximum Gasteiger partial charge on any atom is 0.126 e. The number of fused-ring (bicyclic) bond motifs is 1. The van der Waals surface area contributed by atoms with Crippen LogP contribution in [0.5, 0.6) is 0 Å². The van der Waals surface area contributed by atoms with Gasteiger partial charge in [-0.15, -0.1) is 0 Å². The first kappa shape index (κ1) is 13.9. The van der Waals surface area contributed by atoms with E-state index in [0.29, 0.717) is 5.02 Å². The van der Waals surface area contributed by atoms with Crippen LogP contribution in [-0.2, 0) is 6.42 Å². The lowest BCUT2D eigenvalue weighted by Crippen LogP contribution is -2.03. The Balaban J connectivity index is 1.52. The molecule has 21 heavy (non-hydrogen) atoms. The number of unbranched alkanes of at least 4 members (excludes halogenated alkanes) is 1. The molecule has 3 rings (SSSR count). The number of nitrogens with zero attached hydrogens (tertiary/aromatic N) is 2. The van der Waals surface area contributed by atoms with E-state index in [2.05, 4.69) is 20.5 Å². The molecule has 0 saturated heterocycles. The van der Waals surface area contributed by atoms with E-state index >= 15 is 0 Å². The van der Waals surface area contributed by atoms with Crippen LogP contribution in [0.1, 0.15) is 18.4 Å². The molecule has 2 heterocycles. The summed E-state index contributed by atoms with van der Waals surface area (Å²) in [5, 5.41) is 11.9. The summed E-state index contributed by atoms with van der Waals surface area (Å²) in [6, 6.07) is 9.86. The van der Waals surface area contributed by atoms with Crippen molar-refractivity contribution >= 4 is 28.3 Å². The highest BCUT2D eigenvalue weighted by molar-refractivity contribution is 6.35. The normalized spacial score (nSPS) is 10.9. The predicted molar refractivity (Wildman–Crippen MR) is 86.8 cm³/mol. The number of rotatable bonds is 6. The third kappa shape index (κ3) is 3.52. The molecular formula is C16H17ClN4. The van der Waals surface area contributed by atoms with Crippen LogP contribution >= 0.6 is 11.6 Å². The number of hydrogen-bond donors (Lipinski definition) is 2. The van der Waals surface area contributed by atoms with Gasteiger partial charge in [-0.1, -0.05) is 23.7 Å². The largest absolute Gasteiger partial charge is 0.370 e. The van der Waals surface area contributed by atoms with Gasteiger partial charge in [0.15, 0.2) is 0 Å². The van der Waals surface area contributed by atoms with Gasteiger partial charge >= 0.3 is 0 Å². The zero-order valence-corrected chi connectivity index (χ0v) is 12.4. The predicted octanol–water partition coefficient (Wildman–Crippen LogP) is 4.05. The number of aryl methyl sites for hydroxylation is 1. The van der Waals surface area contributed by atoms with Crippen LogP contribution in [0.25, 0.3) is 10.9 Å². The molecule has 0 fully saturated rings. The van der Waals surface area contributed by atoms with Crippen molar-refractivity contribution in [2.75, 3.05) is 11.9 Å². The van der Waals surface area contributed by atoms with Gasteiger partial charge in [-0.2, -0.15) is 5.10 Å². The molecule has 108 valence electrons. The molecule has 0 unspecified atom stereocenters. The highest BCUT2D eigenvalue weighted by Gasteiger charge is 2.02. The van der Waals surface area contributed by atoms with Crippen molar-refractivity contribution in [2.45, 2.75) is 19.3 Å². The molecule has 0 spiro atoms. The summed E-state index contributed by atoms with van der Waals surface area (Å²) in [7, 11) is 0. The van der Waals surface area contributed by atoms with Gasteiger partial charge in [0, 0.05) is 18.1 Å². The standard InChI is InChI=1S/C16H17ClN4/c17-14-6-3-5-13-7-8-15(21-16(13)14)18-9-2-1-4-12-10-19-20-11-12/h3,5-8,10-11H,1-2,4,9H2,(H,18,21)(H,19,20). The molecule has 1 aromatic carbocycles. The first-order chi connectivity index (χ1) is 10.3. The second-order valence-corrected chi connectivity index (χ2v) is 5.41. The third-order valence-corrected chi connectivity index (χ3v) is 3.73. The maximum atomic E-state index is 6.17. The fraction of sp³-hybridized carbons (Fsp3) is 0.250. The minimum Gasteiger partial charge on any atom is -0.370 e. The van der Waals surface area contributed by atoms with Crippen LogP contribution in [0.3, 0.4) is 0 Å². The van der Waals surface area contributed by atoms with Gasteiger partial charge in [-0.05, 0) is 43.0 Å². The zero-order chi connectivity index (χ0) is 14.5. The maximum absolute atomic E-state index is 6.17. The third-order valence-electron chi connectivity index (χ3n) is 3.42. The molecule has 2 aromatic heterocycles. The van der Waals surface area contributed by atoms with E-state index in [4.69, 9.17) is 11.6 Å². The number of anilines is 1. The topological polar surface area (TPSA) is 53.6 Å². The summed E-state index contributed by atoms with van der Waals surface area (Å²) in [5.74, 6) is 0.874. The zero-order valence-electron chi connectivity index (χ0n) is 11.6. The Morgan fingerprint density at radius 2 is 2.10 bits per heavy atom. The Hall–Kier alpha value is -2.07. The molecule has 2 N–H and O–H groups in total. The Morgan fingerprint density at radius 3 is 2.95 bits per heavy atom. The van der Waals surface area contributed by atoms with Crippen LogP contribution in [0, 0.1) is 0 Å². The number of benzene rings is 1. The molecule has 3 aromatic rings. The fourth-order valence-corrected chi connectivity index (χ4v) is 2.52. The molecule has 0 aliphatic rings. The van der Waals surface area contributed by atoms with Crippen molar-refractivity contribution in [3.8, 4) is 0 Å². The summed E-state index contributed by atoms with van der Waals surface area (Å²) in [4.78, 5) is 4.56. The number of para-hydroxylation sites is 1. The van der Waals surface area contributed by atoms with E-state index in [1.165, 1.54) is 5.56 Å². The van der Waals surface area contributed by atoms with Gasteiger partial charge in [0.1, 0.15) is 5.82 Å². The molecule has 0 aliphatic carbocycles. The number of aromatic nitrogens is 3. The lowest BCUT2D eigenvalue weighted by Gasteiger charge is -2.07. The summed E-state index contributed by atoms with van der Waals surface area (Å²) < 4.78 is 0. The Kier molecular flexibility index (Phi) is 4.36. The number of nitrogens with one attached hydrogen (secondary N) is 2. The average Bonchev–Trinajstić information content (AvgIpc) is 3.01. The quantitative estimate of drug-likeness (QED) is 0.675. The number of aromatic amines is 1. The summed E-state index contributed by atoms with van der Waals surface area (Å²) >= 11 is 6.17. The molecule has 0 atom stereocenters. The Bertz CT molecular complexity index is 709. The lowest BCUT2D eigenvalue weighted by atomic mass is 10.1. The van der Waals surface area contributed by atoms with Gasteiger partial charge in [-0.3, -0.25) is 5.10 Å². The number of pyridine rings is 1. The summed E-state index contributed by atoms with van der Waals surface area (Å²) in [6.07, 6.45) is 7.09. The molecule has 0 bridgehead atoms. The van der Waals surface area contributed by atoms with Crippen molar-refractivity contribution in [1.82, 2.24) is 15.2 Å². The number of H-pyrrole nitrogens is 1. The van der Waals surface area contributed by atoms with Crippen molar-refractivity contribution in [1.29, 1.82) is 0 Å². The molecule has 0 saturated carbocycles. The van der Waals surface area contributed by atoms with Crippen LogP contribution in [0.15, 0.2) is 42.7 Å². The smallest absolute Gasteiger partial charge is 0.126 e. The van der Waals surface area contributed by atoms with E-state index in [-0.39, 0.29) is 0 Å². The summed E-state index contributed by atoms with van der Waals surface area (Å²) in [5.41, 5.74) is 2.10. The van der Waals surface area contributed by atoms with Crippen molar-refractivity contribution in [3.63, 3.8) is 0 Å². The number of halogens is 1. The van der Waals surface area contributed by atoms with Crippen molar-refractivity contribution < 1.29 is 0 Å². The van der Waals surface area contributed by atoms with Crippen molar-refractivity contribution in [2.24, 2.45) is 0 Å². The van der Waals surface area contributed by atoms with Crippen LogP contribution in [0.2, 0.25) is 5.02 Å². The second-order valence-electron chi connectivity index (χ2n) is 5.00. The lowest BCUT2D eigenvalue weighted by molar-refractivity contribution is 0.762. The minimum atomic E-state index is 0.691. The molecule has 5 heteroatoms. The Morgan fingerprint density at radius 1 is 1.14 bits per heavy atom. The van der Waals surface area contributed by atoms with E-state index in [9.17, 15) is 0 Å².